The minimum atomic E-state index is -0.199. The van der Waals surface area contributed by atoms with Gasteiger partial charge in [-0.15, -0.1) is 0 Å². The summed E-state index contributed by atoms with van der Waals surface area (Å²) in [7, 11) is 0. The van der Waals surface area contributed by atoms with Crippen molar-refractivity contribution in [1.29, 1.82) is 0 Å². The number of aromatic nitrogens is 1. The van der Waals surface area contributed by atoms with E-state index in [0.717, 1.165) is 8.27 Å². The van der Waals surface area contributed by atoms with Crippen LogP contribution in [-0.2, 0) is 0 Å². The van der Waals surface area contributed by atoms with Gasteiger partial charge in [0.15, 0.2) is 5.13 Å². The van der Waals surface area contributed by atoms with Crippen molar-refractivity contribution < 1.29 is 4.79 Å². The molecule has 0 aliphatic heterocycles. The van der Waals surface area contributed by atoms with Crippen LogP contribution in [0.1, 0.15) is 10.4 Å². The van der Waals surface area contributed by atoms with Crippen LogP contribution < -0.4 is 5.32 Å². The number of rotatable bonds is 2. The van der Waals surface area contributed by atoms with E-state index in [0.29, 0.717) is 26.3 Å². The molecule has 1 amide bonds. The Morgan fingerprint density at radius 3 is 2.81 bits per heavy atom. The predicted molar refractivity (Wildman–Crippen MR) is 96.8 cm³/mol. The molecule has 1 N–H and O–H groups in total. The molecule has 0 unspecified atom stereocenters. The van der Waals surface area contributed by atoms with Gasteiger partial charge in [0.05, 0.1) is 14.7 Å². The normalized spacial score (nSPS) is 10.8. The molecular formula is C14H7Cl2IN2OS. The fourth-order valence-corrected chi connectivity index (χ4v) is 3.62. The van der Waals surface area contributed by atoms with E-state index in [1.165, 1.54) is 11.3 Å². The summed E-state index contributed by atoms with van der Waals surface area (Å²) in [5.41, 5.74) is 1.19. The molecule has 0 saturated carbocycles. The molecule has 0 radical (unpaired) electrons. The predicted octanol–water partition coefficient (Wildman–Crippen LogP) is 5.46. The van der Waals surface area contributed by atoms with Crippen LogP contribution in [0.4, 0.5) is 5.13 Å². The molecule has 7 heteroatoms. The van der Waals surface area contributed by atoms with Crippen molar-refractivity contribution in [3.8, 4) is 0 Å². The number of hydrogen-bond acceptors (Lipinski definition) is 3. The van der Waals surface area contributed by atoms with Gasteiger partial charge in [-0.05, 0) is 52.9 Å². The average molecular weight is 449 g/mol. The summed E-state index contributed by atoms with van der Waals surface area (Å²) in [6.45, 7) is 0. The highest BCUT2D eigenvalue weighted by molar-refractivity contribution is 14.1. The van der Waals surface area contributed by atoms with Crippen molar-refractivity contribution in [3.05, 3.63) is 55.6 Å². The number of carbonyl (C=O) groups excluding carboxylic acids is 1. The van der Waals surface area contributed by atoms with Crippen molar-refractivity contribution in [2.75, 3.05) is 5.32 Å². The maximum absolute atomic E-state index is 12.2. The highest BCUT2D eigenvalue weighted by Crippen LogP contribution is 2.35. The van der Waals surface area contributed by atoms with Gasteiger partial charge in [-0.3, -0.25) is 10.1 Å². The van der Waals surface area contributed by atoms with Crippen LogP contribution in [0.3, 0.4) is 0 Å². The molecule has 0 aliphatic rings. The largest absolute Gasteiger partial charge is 0.298 e. The highest BCUT2D eigenvalue weighted by atomic mass is 127. The first-order chi connectivity index (χ1) is 10.0. The second-order valence-electron chi connectivity index (χ2n) is 4.19. The van der Waals surface area contributed by atoms with Crippen LogP contribution in [0.25, 0.3) is 10.2 Å². The molecule has 0 fully saturated rings. The standard InChI is InChI=1S/C14H7Cl2IN2OS/c15-9-4-5-10-12(11(9)16)18-14(21-10)19-13(20)7-2-1-3-8(17)6-7/h1-6H,(H,18,19,20). The van der Waals surface area contributed by atoms with Crippen molar-refractivity contribution in [2.24, 2.45) is 0 Å². The summed E-state index contributed by atoms with van der Waals surface area (Å²) < 4.78 is 1.88. The lowest BCUT2D eigenvalue weighted by atomic mass is 10.2. The molecule has 3 rings (SSSR count). The van der Waals surface area contributed by atoms with Crippen LogP contribution >= 0.6 is 57.1 Å². The second kappa shape index (κ2) is 6.08. The Bertz CT molecular complexity index is 850. The molecule has 0 atom stereocenters. The third-order valence-electron chi connectivity index (χ3n) is 2.76. The zero-order valence-electron chi connectivity index (χ0n) is 10.4. The first-order valence-corrected chi connectivity index (χ1v) is 8.51. The van der Waals surface area contributed by atoms with Gasteiger partial charge in [-0.25, -0.2) is 4.98 Å². The van der Waals surface area contributed by atoms with E-state index >= 15 is 0 Å². The number of fused-ring (bicyclic) bond motifs is 1. The SMILES string of the molecule is O=C(Nc1nc2c(Cl)c(Cl)ccc2s1)c1cccc(I)c1. The van der Waals surface area contributed by atoms with Crippen molar-refractivity contribution in [3.63, 3.8) is 0 Å². The first-order valence-electron chi connectivity index (χ1n) is 5.86. The number of hydrogen-bond donors (Lipinski definition) is 1. The minimum Gasteiger partial charge on any atom is -0.298 e. The number of amides is 1. The molecule has 1 heterocycles. The molecular weight excluding hydrogens is 442 g/mol. The Balaban J connectivity index is 1.91. The van der Waals surface area contributed by atoms with E-state index in [2.05, 4.69) is 32.9 Å². The van der Waals surface area contributed by atoms with Gasteiger partial charge in [0.2, 0.25) is 0 Å². The maximum atomic E-state index is 12.2. The number of nitrogens with one attached hydrogen (secondary N) is 1. The van der Waals surface area contributed by atoms with E-state index in [9.17, 15) is 4.79 Å². The molecule has 106 valence electrons. The van der Waals surface area contributed by atoms with Crippen LogP contribution in [-0.4, -0.2) is 10.9 Å². The minimum absolute atomic E-state index is 0.199. The van der Waals surface area contributed by atoms with Crippen molar-refractivity contribution in [1.82, 2.24) is 4.98 Å². The number of anilines is 1. The molecule has 1 aromatic heterocycles. The molecule has 0 spiro atoms. The smallest absolute Gasteiger partial charge is 0.257 e. The Hall–Kier alpha value is -0.890. The Labute approximate surface area is 148 Å². The average Bonchev–Trinajstić information content (AvgIpc) is 2.86. The van der Waals surface area contributed by atoms with Gasteiger partial charge in [-0.2, -0.15) is 0 Å². The molecule has 3 aromatic rings. The summed E-state index contributed by atoms with van der Waals surface area (Å²) >= 11 is 15.6. The van der Waals surface area contributed by atoms with Gasteiger partial charge in [0, 0.05) is 9.13 Å². The van der Waals surface area contributed by atoms with Crippen molar-refractivity contribution in [2.45, 2.75) is 0 Å². The van der Waals surface area contributed by atoms with E-state index in [1.807, 2.05) is 24.3 Å². The Morgan fingerprint density at radius 2 is 2.05 bits per heavy atom. The zero-order valence-corrected chi connectivity index (χ0v) is 14.8. The fourth-order valence-electron chi connectivity index (χ4n) is 1.79. The lowest BCUT2D eigenvalue weighted by Crippen LogP contribution is -2.11. The van der Waals surface area contributed by atoms with Crippen LogP contribution in [0.5, 0.6) is 0 Å². The summed E-state index contributed by atoms with van der Waals surface area (Å²) in [6, 6.07) is 10.9. The zero-order chi connectivity index (χ0) is 15.0. The van der Waals surface area contributed by atoms with Gasteiger partial charge in [0.1, 0.15) is 5.52 Å². The molecule has 21 heavy (non-hydrogen) atoms. The first kappa shape index (κ1) is 15.0. The van der Waals surface area contributed by atoms with Crippen LogP contribution in [0.15, 0.2) is 36.4 Å². The van der Waals surface area contributed by atoms with E-state index in [-0.39, 0.29) is 5.91 Å². The number of thiazole rings is 1. The number of carbonyl (C=O) groups is 1. The number of benzene rings is 2. The van der Waals surface area contributed by atoms with Gasteiger partial charge in [-0.1, -0.05) is 40.6 Å². The third-order valence-corrected chi connectivity index (χ3v) is 5.16. The molecule has 0 saturated heterocycles. The Kier molecular flexibility index (Phi) is 4.35. The molecule has 3 nitrogen and oxygen atoms in total. The molecule has 0 bridgehead atoms. The highest BCUT2D eigenvalue weighted by Gasteiger charge is 2.13. The van der Waals surface area contributed by atoms with Crippen LogP contribution in [0.2, 0.25) is 10.0 Å². The lowest BCUT2D eigenvalue weighted by Gasteiger charge is -2.01. The van der Waals surface area contributed by atoms with E-state index in [1.54, 1.807) is 12.1 Å². The summed E-state index contributed by atoms with van der Waals surface area (Å²) in [6.07, 6.45) is 0. The second-order valence-corrected chi connectivity index (χ2v) is 7.25. The summed E-state index contributed by atoms with van der Waals surface area (Å²) in [4.78, 5) is 16.5. The maximum Gasteiger partial charge on any atom is 0.257 e. The summed E-state index contributed by atoms with van der Waals surface area (Å²) in [5, 5.41) is 4.14. The van der Waals surface area contributed by atoms with Gasteiger partial charge < -0.3 is 0 Å². The van der Waals surface area contributed by atoms with Crippen molar-refractivity contribution >= 4 is 78.4 Å². The summed E-state index contributed by atoms with van der Waals surface area (Å²) in [5.74, 6) is -0.199. The van der Waals surface area contributed by atoms with Crippen LogP contribution in [0, 0.1) is 3.57 Å². The Morgan fingerprint density at radius 1 is 1.24 bits per heavy atom. The molecule has 0 aliphatic carbocycles. The fraction of sp³-hybridized carbons (Fsp3) is 0. The number of nitrogens with zero attached hydrogens (tertiary/aromatic N) is 1. The quantitative estimate of drug-likeness (QED) is 0.529. The molecule has 2 aromatic carbocycles. The van der Waals surface area contributed by atoms with E-state index in [4.69, 9.17) is 23.2 Å². The number of halogens is 3. The van der Waals surface area contributed by atoms with E-state index < -0.39 is 0 Å². The third kappa shape index (κ3) is 3.15. The monoisotopic (exact) mass is 448 g/mol. The van der Waals surface area contributed by atoms with Gasteiger partial charge >= 0.3 is 0 Å². The topological polar surface area (TPSA) is 42.0 Å². The lowest BCUT2D eigenvalue weighted by molar-refractivity contribution is 0.102. The van der Waals surface area contributed by atoms with Gasteiger partial charge in [0.25, 0.3) is 5.91 Å².